The highest BCUT2D eigenvalue weighted by Crippen LogP contribution is 2.24. The van der Waals surface area contributed by atoms with Crippen LogP contribution in [0, 0.1) is 0 Å². The van der Waals surface area contributed by atoms with Gasteiger partial charge in [-0.2, -0.15) is 0 Å². The first-order valence-corrected chi connectivity index (χ1v) is 9.90. The van der Waals surface area contributed by atoms with Crippen LogP contribution in [0.3, 0.4) is 0 Å². The molecule has 6 nitrogen and oxygen atoms in total. The smallest absolute Gasteiger partial charge is 0.340 e. The molecule has 2 heterocycles. The van der Waals surface area contributed by atoms with Crippen molar-refractivity contribution in [2.24, 2.45) is 0 Å². The molecule has 0 saturated carbocycles. The number of amides is 1. The molecular formula is C23H24N3O3+. The summed E-state index contributed by atoms with van der Waals surface area (Å²) in [6, 6.07) is 17.1. The zero-order valence-electron chi connectivity index (χ0n) is 16.4. The summed E-state index contributed by atoms with van der Waals surface area (Å²) in [5.74, 6) is 0.538. The van der Waals surface area contributed by atoms with Crippen LogP contribution >= 0.6 is 0 Å². The lowest BCUT2D eigenvalue weighted by Crippen LogP contribution is -2.42. The Bertz CT molecular complexity index is 1040. The molecular weight excluding hydrogens is 366 g/mol. The van der Waals surface area contributed by atoms with Gasteiger partial charge in [-0.15, -0.1) is 0 Å². The highest BCUT2D eigenvalue weighted by Gasteiger charge is 2.29. The first-order valence-electron chi connectivity index (χ1n) is 9.90. The van der Waals surface area contributed by atoms with Crippen molar-refractivity contribution in [2.75, 3.05) is 11.9 Å². The summed E-state index contributed by atoms with van der Waals surface area (Å²) in [5.41, 5.74) is 3.09. The lowest BCUT2D eigenvalue weighted by atomic mass is 10.1. The fourth-order valence-corrected chi connectivity index (χ4v) is 3.81. The Labute approximate surface area is 169 Å². The van der Waals surface area contributed by atoms with Crippen molar-refractivity contribution >= 4 is 17.6 Å². The van der Waals surface area contributed by atoms with Crippen LogP contribution in [0.4, 0.5) is 5.69 Å². The highest BCUT2D eigenvalue weighted by atomic mass is 16.5. The maximum absolute atomic E-state index is 12.8. The van der Waals surface area contributed by atoms with E-state index in [0.717, 1.165) is 36.5 Å². The van der Waals surface area contributed by atoms with E-state index in [1.54, 1.807) is 31.2 Å². The standard InChI is InChI=1S/C23H23N3O3/c1-2-29-23(28)18-11-6-7-12-19(18)24-21(27)16-25-15-20(17-9-4-3-5-10-17)26-14-8-13-22(25)26/h3-7,9-12,15H,2,8,13-14,16H2,1H3/p+1. The zero-order chi connectivity index (χ0) is 20.2. The molecule has 0 radical (unpaired) electrons. The summed E-state index contributed by atoms with van der Waals surface area (Å²) < 4.78 is 9.38. The number of benzene rings is 2. The van der Waals surface area contributed by atoms with Gasteiger partial charge in [-0.3, -0.25) is 4.79 Å². The van der Waals surface area contributed by atoms with E-state index in [-0.39, 0.29) is 19.1 Å². The lowest BCUT2D eigenvalue weighted by molar-refractivity contribution is -0.690. The normalized spacial score (nSPS) is 12.4. The summed E-state index contributed by atoms with van der Waals surface area (Å²) in [7, 11) is 0. The fourth-order valence-electron chi connectivity index (χ4n) is 3.81. The van der Waals surface area contributed by atoms with Crippen LogP contribution in [0.5, 0.6) is 0 Å². The van der Waals surface area contributed by atoms with Crippen molar-refractivity contribution < 1.29 is 18.9 Å². The number of fused-ring (bicyclic) bond motifs is 1. The fraction of sp³-hybridized carbons (Fsp3) is 0.261. The molecule has 0 unspecified atom stereocenters. The monoisotopic (exact) mass is 390 g/mol. The molecule has 29 heavy (non-hydrogen) atoms. The minimum Gasteiger partial charge on any atom is -0.462 e. The van der Waals surface area contributed by atoms with Crippen molar-refractivity contribution in [2.45, 2.75) is 32.9 Å². The van der Waals surface area contributed by atoms with E-state index >= 15 is 0 Å². The molecule has 0 bridgehead atoms. The molecule has 4 rings (SSSR count). The number of hydrogen-bond donors (Lipinski definition) is 1. The molecule has 0 aliphatic carbocycles. The van der Waals surface area contributed by atoms with Crippen LogP contribution in [0.25, 0.3) is 11.3 Å². The van der Waals surface area contributed by atoms with Gasteiger partial charge in [-0.1, -0.05) is 42.5 Å². The van der Waals surface area contributed by atoms with Gasteiger partial charge >= 0.3 is 5.97 Å². The summed E-state index contributed by atoms with van der Waals surface area (Å²) in [6.45, 7) is 3.20. The van der Waals surface area contributed by atoms with Gasteiger partial charge in [0.25, 0.3) is 11.7 Å². The van der Waals surface area contributed by atoms with Crippen molar-refractivity contribution in [3.63, 3.8) is 0 Å². The molecule has 1 amide bonds. The van der Waals surface area contributed by atoms with Gasteiger partial charge in [0, 0.05) is 5.56 Å². The second-order valence-corrected chi connectivity index (χ2v) is 6.99. The van der Waals surface area contributed by atoms with Crippen molar-refractivity contribution in [3.8, 4) is 11.3 Å². The van der Waals surface area contributed by atoms with Crippen LogP contribution in [0.15, 0.2) is 60.8 Å². The van der Waals surface area contributed by atoms with Gasteiger partial charge in [0.15, 0.2) is 12.2 Å². The average molecular weight is 390 g/mol. The van der Waals surface area contributed by atoms with Crippen LogP contribution < -0.4 is 9.88 Å². The third kappa shape index (κ3) is 3.92. The number of ether oxygens (including phenoxy) is 1. The molecule has 0 fully saturated rings. The van der Waals surface area contributed by atoms with Crippen molar-refractivity contribution in [3.05, 3.63) is 72.2 Å². The Balaban J connectivity index is 1.56. The minimum absolute atomic E-state index is 0.174. The predicted octanol–water partition coefficient (Wildman–Crippen LogP) is 3.20. The number of anilines is 1. The molecule has 3 aromatic rings. The second kappa shape index (κ2) is 8.31. The maximum Gasteiger partial charge on any atom is 0.340 e. The minimum atomic E-state index is -0.438. The molecule has 0 spiro atoms. The number of esters is 1. The molecule has 6 heteroatoms. The van der Waals surface area contributed by atoms with E-state index in [1.165, 1.54) is 0 Å². The van der Waals surface area contributed by atoms with Crippen molar-refractivity contribution in [1.82, 2.24) is 4.57 Å². The van der Waals surface area contributed by atoms with Crippen LogP contribution in [-0.2, 0) is 29.0 Å². The number of nitrogens with zero attached hydrogens (tertiary/aromatic N) is 2. The van der Waals surface area contributed by atoms with E-state index in [9.17, 15) is 9.59 Å². The van der Waals surface area contributed by atoms with E-state index < -0.39 is 5.97 Å². The number of nitrogens with one attached hydrogen (secondary N) is 1. The predicted molar refractivity (Wildman–Crippen MR) is 109 cm³/mol. The van der Waals surface area contributed by atoms with E-state index in [1.807, 2.05) is 29.0 Å². The van der Waals surface area contributed by atoms with E-state index in [0.29, 0.717) is 11.3 Å². The lowest BCUT2D eigenvalue weighted by Gasteiger charge is -2.09. The highest BCUT2D eigenvalue weighted by molar-refractivity contribution is 6.00. The molecule has 148 valence electrons. The number of hydrogen-bond acceptors (Lipinski definition) is 3. The third-order valence-electron chi connectivity index (χ3n) is 5.07. The molecule has 0 atom stereocenters. The van der Waals surface area contributed by atoms with Crippen LogP contribution in [0.1, 0.15) is 29.5 Å². The molecule has 0 saturated heterocycles. The largest absolute Gasteiger partial charge is 0.462 e. The molecule has 1 aliphatic rings. The van der Waals surface area contributed by atoms with Crippen LogP contribution in [-0.4, -0.2) is 23.1 Å². The molecule has 1 aromatic heterocycles. The maximum atomic E-state index is 12.8. The van der Waals surface area contributed by atoms with Gasteiger partial charge in [0.1, 0.15) is 6.20 Å². The number of rotatable bonds is 6. The Morgan fingerprint density at radius 2 is 1.86 bits per heavy atom. The van der Waals surface area contributed by atoms with Gasteiger partial charge in [-0.25, -0.2) is 13.9 Å². The van der Waals surface area contributed by atoms with Crippen LogP contribution in [0.2, 0.25) is 0 Å². The molecule has 1 N–H and O–H groups in total. The summed E-state index contributed by atoms with van der Waals surface area (Å²) in [5, 5.41) is 2.87. The Morgan fingerprint density at radius 1 is 1.10 bits per heavy atom. The van der Waals surface area contributed by atoms with E-state index in [2.05, 4.69) is 22.0 Å². The molecule has 2 aromatic carbocycles. The number of carbonyl (C=O) groups excluding carboxylic acids is 2. The summed E-state index contributed by atoms with van der Waals surface area (Å²) in [4.78, 5) is 24.9. The van der Waals surface area contributed by atoms with Gasteiger partial charge in [-0.05, 0) is 25.5 Å². The van der Waals surface area contributed by atoms with Gasteiger partial charge in [0.2, 0.25) is 0 Å². The quantitative estimate of drug-likeness (QED) is 0.519. The van der Waals surface area contributed by atoms with Crippen molar-refractivity contribution in [1.29, 1.82) is 0 Å². The van der Waals surface area contributed by atoms with Gasteiger partial charge in [0.05, 0.1) is 30.8 Å². The second-order valence-electron chi connectivity index (χ2n) is 6.99. The first-order chi connectivity index (χ1) is 14.2. The van der Waals surface area contributed by atoms with Gasteiger partial charge < -0.3 is 10.1 Å². The third-order valence-corrected chi connectivity index (χ3v) is 5.07. The Hall–Kier alpha value is -3.41. The summed E-state index contributed by atoms with van der Waals surface area (Å²) >= 11 is 0. The number of aromatic nitrogens is 2. The first kappa shape index (κ1) is 18.9. The summed E-state index contributed by atoms with van der Waals surface area (Å²) in [6.07, 6.45) is 4.06. The Morgan fingerprint density at radius 3 is 2.66 bits per heavy atom. The average Bonchev–Trinajstić information content (AvgIpc) is 3.33. The molecule has 1 aliphatic heterocycles. The topological polar surface area (TPSA) is 64.2 Å². The Kier molecular flexibility index (Phi) is 5.42. The SMILES string of the molecule is CCOC(=O)c1ccccc1NC(=O)C[n+]1cc(-c2ccccc2)n2c1CCC2. The number of carbonyl (C=O) groups is 2. The zero-order valence-corrected chi connectivity index (χ0v) is 16.4. The number of para-hydroxylation sites is 1. The van der Waals surface area contributed by atoms with E-state index in [4.69, 9.17) is 4.74 Å². The number of imidazole rings is 1.